The van der Waals surface area contributed by atoms with Gasteiger partial charge in [-0.25, -0.2) is 5.01 Å². The lowest BCUT2D eigenvalue weighted by molar-refractivity contribution is -0.133. The average molecular weight is 195 g/mol. The Hall–Kier alpha value is -0.900. The van der Waals surface area contributed by atoms with E-state index in [4.69, 9.17) is 0 Å². The summed E-state index contributed by atoms with van der Waals surface area (Å²) in [4.78, 5) is 11.9. The first-order valence-corrected chi connectivity index (χ1v) is 5.31. The highest BCUT2D eigenvalue weighted by molar-refractivity contribution is 6.08. The van der Waals surface area contributed by atoms with Gasteiger partial charge in [0.2, 0.25) is 0 Å². The van der Waals surface area contributed by atoms with Crippen LogP contribution in [0.25, 0.3) is 0 Å². The van der Waals surface area contributed by atoms with Gasteiger partial charge in [0.15, 0.2) is 0 Å². The van der Waals surface area contributed by atoms with Gasteiger partial charge in [0.05, 0.1) is 11.6 Å². The number of nitrogens with zero attached hydrogens (tertiary/aromatic N) is 2. The summed E-state index contributed by atoms with van der Waals surface area (Å²) in [6.07, 6.45) is 1.82. The smallest absolute Gasteiger partial charge is 0.251 e. The molecule has 2 aliphatic rings. The molecule has 1 atom stereocenters. The predicted molar refractivity (Wildman–Crippen MR) is 55.0 cm³/mol. The Bertz CT molecular complexity index is 273. The van der Waals surface area contributed by atoms with Crippen molar-refractivity contribution in [1.29, 1.82) is 0 Å². The van der Waals surface area contributed by atoms with Gasteiger partial charge in [0.1, 0.15) is 0 Å². The van der Waals surface area contributed by atoms with Crippen LogP contribution in [0, 0.1) is 5.92 Å². The molecule has 0 bridgehead atoms. The van der Waals surface area contributed by atoms with E-state index in [-0.39, 0.29) is 17.9 Å². The molecule has 1 N–H and O–H groups in total. The molecule has 4 heteroatoms. The maximum Gasteiger partial charge on any atom is 0.251 e. The standard InChI is InChI=1S/C10H17N3O/c1-7(2)13-10(14)8-3-5-11-6-4-9(8)12-13/h7-8,11H,3-6H2,1-2H3. The number of nitrogens with one attached hydrogen (secondary N) is 1. The van der Waals surface area contributed by atoms with Crippen molar-refractivity contribution in [1.82, 2.24) is 10.3 Å². The lowest BCUT2D eigenvalue weighted by atomic mass is 9.98. The van der Waals surface area contributed by atoms with E-state index in [2.05, 4.69) is 10.4 Å². The quantitative estimate of drug-likeness (QED) is 0.665. The zero-order valence-corrected chi connectivity index (χ0v) is 8.79. The third-order valence-corrected chi connectivity index (χ3v) is 2.82. The van der Waals surface area contributed by atoms with Gasteiger partial charge in [0.25, 0.3) is 5.91 Å². The molecule has 0 spiro atoms. The number of fused-ring (bicyclic) bond motifs is 1. The SMILES string of the molecule is CC(C)N1N=C2CCNCCC2C1=O. The molecular weight excluding hydrogens is 178 g/mol. The normalized spacial score (nSPS) is 27.6. The molecule has 0 aliphatic carbocycles. The Morgan fingerprint density at radius 1 is 1.50 bits per heavy atom. The summed E-state index contributed by atoms with van der Waals surface area (Å²) in [5, 5.41) is 9.34. The highest BCUT2D eigenvalue weighted by Gasteiger charge is 2.36. The topological polar surface area (TPSA) is 44.7 Å². The third kappa shape index (κ3) is 1.54. The number of carbonyl (C=O) groups is 1. The summed E-state index contributed by atoms with van der Waals surface area (Å²) in [6.45, 7) is 5.90. The van der Waals surface area contributed by atoms with Crippen LogP contribution in [0.2, 0.25) is 0 Å². The van der Waals surface area contributed by atoms with Crippen LogP contribution in [0.5, 0.6) is 0 Å². The monoisotopic (exact) mass is 195 g/mol. The molecule has 0 aromatic rings. The molecule has 1 fully saturated rings. The number of hydrazone groups is 1. The van der Waals surface area contributed by atoms with Gasteiger partial charge < -0.3 is 5.32 Å². The van der Waals surface area contributed by atoms with Crippen molar-refractivity contribution in [2.24, 2.45) is 11.0 Å². The maximum atomic E-state index is 11.9. The molecule has 0 aromatic heterocycles. The summed E-state index contributed by atoms with van der Waals surface area (Å²) in [5.41, 5.74) is 1.08. The molecule has 4 nitrogen and oxygen atoms in total. The second-order valence-corrected chi connectivity index (χ2v) is 4.21. The zero-order valence-electron chi connectivity index (χ0n) is 8.79. The number of hydrogen-bond donors (Lipinski definition) is 1. The fourth-order valence-electron chi connectivity index (χ4n) is 2.03. The van der Waals surface area contributed by atoms with Gasteiger partial charge in [-0.1, -0.05) is 0 Å². The molecular formula is C10H17N3O. The highest BCUT2D eigenvalue weighted by atomic mass is 16.2. The molecule has 0 radical (unpaired) electrons. The van der Waals surface area contributed by atoms with Crippen molar-refractivity contribution in [3.63, 3.8) is 0 Å². The molecule has 1 amide bonds. The van der Waals surface area contributed by atoms with Crippen LogP contribution in [0.15, 0.2) is 5.10 Å². The summed E-state index contributed by atoms with van der Waals surface area (Å²) in [7, 11) is 0. The fraction of sp³-hybridized carbons (Fsp3) is 0.800. The maximum absolute atomic E-state index is 11.9. The molecule has 14 heavy (non-hydrogen) atoms. The minimum Gasteiger partial charge on any atom is -0.316 e. The van der Waals surface area contributed by atoms with E-state index in [9.17, 15) is 4.79 Å². The van der Waals surface area contributed by atoms with E-state index in [1.165, 1.54) is 0 Å². The summed E-state index contributed by atoms with van der Waals surface area (Å²) in [5.74, 6) is 0.256. The fourth-order valence-corrected chi connectivity index (χ4v) is 2.03. The molecule has 1 saturated heterocycles. The van der Waals surface area contributed by atoms with Crippen LogP contribution in [0.4, 0.5) is 0 Å². The predicted octanol–water partition coefficient (Wildman–Crippen LogP) is 0.593. The Balaban J connectivity index is 2.18. The molecule has 2 rings (SSSR count). The van der Waals surface area contributed by atoms with Crippen LogP contribution < -0.4 is 5.32 Å². The molecule has 0 aromatic carbocycles. The van der Waals surface area contributed by atoms with Crippen LogP contribution >= 0.6 is 0 Å². The first-order chi connectivity index (χ1) is 6.70. The van der Waals surface area contributed by atoms with E-state index < -0.39 is 0 Å². The van der Waals surface area contributed by atoms with Crippen molar-refractivity contribution in [2.75, 3.05) is 13.1 Å². The molecule has 78 valence electrons. The van der Waals surface area contributed by atoms with Gasteiger partial charge in [-0.3, -0.25) is 4.79 Å². The molecule has 2 aliphatic heterocycles. The number of rotatable bonds is 1. The zero-order chi connectivity index (χ0) is 10.1. The second kappa shape index (κ2) is 3.69. The highest BCUT2D eigenvalue weighted by Crippen LogP contribution is 2.23. The van der Waals surface area contributed by atoms with Crippen molar-refractivity contribution >= 4 is 11.6 Å². The van der Waals surface area contributed by atoms with Crippen LogP contribution in [-0.2, 0) is 4.79 Å². The Morgan fingerprint density at radius 2 is 2.29 bits per heavy atom. The van der Waals surface area contributed by atoms with Gasteiger partial charge in [-0.15, -0.1) is 0 Å². The third-order valence-electron chi connectivity index (χ3n) is 2.82. The first kappa shape index (κ1) is 9.65. The molecule has 1 unspecified atom stereocenters. The number of hydrogen-bond acceptors (Lipinski definition) is 3. The summed E-state index contributed by atoms with van der Waals surface area (Å²) in [6, 6.07) is 0.190. The van der Waals surface area contributed by atoms with E-state index >= 15 is 0 Å². The first-order valence-electron chi connectivity index (χ1n) is 5.31. The van der Waals surface area contributed by atoms with Gasteiger partial charge >= 0.3 is 0 Å². The van der Waals surface area contributed by atoms with E-state index in [0.29, 0.717) is 0 Å². The van der Waals surface area contributed by atoms with Crippen LogP contribution in [-0.4, -0.2) is 35.8 Å². The lowest BCUT2D eigenvalue weighted by Crippen LogP contribution is -2.32. The second-order valence-electron chi connectivity index (χ2n) is 4.21. The van der Waals surface area contributed by atoms with Crippen molar-refractivity contribution in [2.45, 2.75) is 32.7 Å². The number of carbonyl (C=O) groups excluding carboxylic acids is 1. The summed E-state index contributed by atoms with van der Waals surface area (Å²) < 4.78 is 0. The van der Waals surface area contributed by atoms with Crippen molar-refractivity contribution in [3.8, 4) is 0 Å². The van der Waals surface area contributed by atoms with E-state index in [1.54, 1.807) is 5.01 Å². The Morgan fingerprint density at radius 3 is 3.00 bits per heavy atom. The van der Waals surface area contributed by atoms with Crippen molar-refractivity contribution < 1.29 is 4.79 Å². The van der Waals surface area contributed by atoms with Crippen LogP contribution in [0.1, 0.15) is 26.7 Å². The van der Waals surface area contributed by atoms with Gasteiger partial charge in [-0.05, 0) is 26.8 Å². The van der Waals surface area contributed by atoms with E-state index in [0.717, 1.165) is 31.6 Å². The largest absolute Gasteiger partial charge is 0.316 e. The Labute approximate surface area is 84.3 Å². The average Bonchev–Trinajstić information content (AvgIpc) is 2.37. The summed E-state index contributed by atoms with van der Waals surface area (Å²) >= 11 is 0. The van der Waals surface area contributed by atoms with Gasteiger partial charge in [0, 0.05) is 19.0 Å². The number of amides is 1. The minimum absolute atomic E-state index is 0.0624. The molecule has 0 saturated carbocycles. The van der Waals surface area contributed by atoms with Crippen LogP contribution in [0.3, 0.4) is 0 Å². The van der Waals surface area contributed by atoms with Gasteiger partial charge in [-0.2, -0.15) is 5.10 Å². The minimum atomic E-state index is 0.0624. The lowest BCUT2D eigenvalue weighted by Gasteiger charge is -2.17. The van der Waals surface area contributed by atoms with Crippen molar-refractivity contribution in [3.05, 3.63) is 0 Å². The Kier molecular flexibility index (Phi) is 2.54. The van der Waals surface area contributed by atoms with E-state index in [1.807, 2.05) is 13.8 Å². The molecule has 2 heterocycles.